The zero-order valence-electron chi connectivity index (χ0n) is 20.6. The van der Waals surface area contributed by atoms with E-state index in [-0.39, 0.29) is 11.7 Å². The smallest absolute Gasteiger partial charge is 0.224 e. The van der Waals surface area contributed by atoms with Crippen LogP contribution in [-0.4, -0.2) is 25.8 Å². The molecule has 6 nitrogen and oxygen atoms in total. The van der Waals surface area contributed by atoms with Gasteiger partial charge < -0.3 is 15.3 Å². The fraction of sp³-hybridized carbons (Fsp3) is 0.0645. The molecule has 0 unspecified atom stereocenters. The predicted octanol–water partition coefficient (Wildman–Crippen LogP) is 7.44. The molecule has 0 aliphatic heterocycles. The first-order valence-electron chi connectivity index (χ1n) is 12.4. The Hall–Kier alpha value is -5.04. The number of fused-ring (bicyclic) bond motifs is 1. The van der Waals surface area contributed by atoms with Crippen LogP contribution in [0.4, 0.5) is 10.1 Å². The highest BCUT2D eigenvalue weighted by atomic mass is 19.1. The third-order valence-electron chi connectivity index (χ3n) is 6.49. The van der Waals surface area contributed by atoms with E-state index in [1.807, 2.05) is 73.8 Å². The minimum absolute atomic E-state index is 0.0433. The predicted molar refractivity (Wildman–Crippen MR) is 149 cm³/mol. The SMILES string of the molecule is CCC(=O)Nc1cccc(-c2c[nH]c3nccc(-c4[nH]c(-c5ccccc5)nc4-c4ccc(F)cc4)c23)c1. The van der Waals surface area contributed by atoms with Crippen molar-refractivity contribution in [1.82, 2.24) is 19.9 Å². The summed E-state index contributed by atoms with van der Waals surface area (Å²) in [6.07, 6.45) is 4.09. The highest BCUT2D eigenvalue weighted by Gasteiger charge is 2.20. The van der Waals surface area contributed by atoms with Gasteiger partial charge in [0.25, 0.3) is 0 Å². The number of hydrogen-bond acceptors (Lipinski definition) is 3. The average Bonchev–Trinajstić information content (AvgIpc) is 3.59. The van der Waals surface area contributed by atoms with E-state index in [1.54, 1.807) is 18.3 Å². The van der Waals surface area contributed by atoms with Crippen LogP contribution in [0.1, 0.15) is 13.3 Å². The van der Waals surface area contributed by atoms with Gasteiger partial charge in [-0.25, -0.2) is 14.4 Å². The van der Waals surface area contributed by atoms with Gasteiger partial charge in [0.2, 0.25) is 5.91 Å². The van der Waals surface area contributed by atoms with Crippen molar-refractivity contribution < 1.29 is 9.18 Å². The quantitative estimate of drug-likeness (QED) is 0.222. The number of H-pyrrole nitrogens is 2. The second-order valence-corrected chi connectivity index (χ2v) is 8.95. The van der Waals surface area contributed by atoms with Crippen molar-refractivity contribution in [3.8, 4) is 45.0 Å². The van der Waals surface area contributed by atoms with Gasteiger partial charge in [-0.1, -0.05) is 49.4 Å². The molecule has 3 N–H and O–H groups in total. The van der Waals surface area contributed by atoms with Crippen molar-refractivity contribution in [2.75, 3.05) is 5.32 Å². The van der Waals surface area contributed by atoms with E-state index in [1.165, 1.54) is 12.1 Å². The Morgan fingerprint density at radius 1 is 0.895 bits per heavy atom. The molecule has 0 aliphatic carbocycles. The molecule has 38 heavy (non-hydrogen) atoms. The summed E-state index contributed by atoms with van der Waals surface area (Å²) in [5, 5.41) is 3.85. The van der Waals surface area contributed by atoms with Crippen LogP contribution in [0.2, 0.25) is 0 Å². The van der Waals surface area contributed by atoms with E-state index in [9.17, 15) is 9.18 Å². The fourth-order valence-electron chi connectivity index (χ4n) is 4.62. The number of hydrogen-bond donors (Lipinski definition) is 3. The van der Waals surface area contributed by atoms with E-state index in [4.69, 9.17) is 4.98 Å². The molecule has 0 bridgehead atoms. The van der Waals surface area contributed by atoms with Gasteiger partial charge in [-0.3, -0.25) is 4.79 Å². The first-order chi connectivity index (χ1) is 18.6. The molecule has 0 aliphatic rings. The molecule has 0 fully saturated rings. The highest BCUT2D eigenvalue weighted by molar-refractivity contribution is 6.06. The van der Waals surface area contributed by atoms with Gasteiger partial charge in [0.05, 0.1) is 11.4 Å². The second kappa shape index (κ2) is 9.78. The maximum Gasteiger partial charge on any atom is 0.224 e. The molecule has 3 aromatic carbocycles. The Bertz CT molecular complexity index is 1750. The van der Waals surface area contributed by atoms with Crippen LogP contribution < -0.4 is 5.32 Å². The van der Waals surface area contributed by atoms with E-state index in [2.05, 4.69) is 20.3 Å². The lowest BCUT2D eigenvalue weighted by Gasteiger charge is -2.09. The van der Waals surface area contributed by atoms with Crippen LogP contribution in [0, 0.1) is 5.82 Å². The van der Waals surface area contributed by atoms with Crippen LogP contribution in [0.3, 0.4) is 0 Å². The minimum atomic E-state index is -0.302. The molecule has 6 aromatic rings. The van der Waals surface area contributed by atoms with Gasteiger partial charge in [0, 0.05) is 52.1 Å². The number of carbonyl (C=O) groups is 1. The normalized spacial score (nSPS) is 11.1. The number of benzene rings is 3. The first kappa shape index (κ1) is 23.4. The Morgan fingerprint density at radius 2 is 1.68 bits per heavy atom. The summed E-state index contributed by atoms with van der Waals surface area (Å²) >= 11 is 0. The molecule has 1 amide bonds. The summed E-state index contributed by atoms with van der Waals surface area (Å²) in [4.78, 5) is 28.3. The van der Waals surface area contributed by atoms with Gasteiger partial charge in [-0.2, -0.15) is 0 Å². The van der Waals surface area contributed by atoms with Crippen molar-refractivity contribution in [2.45, 2.75) is 13.3 Å². The molecule has 3 heterocycles. The Balaban J connectivity index is 1.55. The molecule has 0 atom stereocenters. The van der Waals surface area contributed by atoms with Crippen LogP contribution in [-0.2, 0) is 4.79 Å². The summed E-state index contributed by atoms with van der Waals surface area (Å²) < 4.78 is 13.8. The number of halogens is 1. The lowest BCUT2D eigenvalue weighted by molar-refractivity contribution is -0.115. The number of nitrogens with zero attached hydrogens (tertiary/aromatic N) is 2. The number of pyridine rings is 1. The van der Waals surface area contributed by atoms with E-state index >= 15 is 0 Å². The molecule has 186 valence electrons. The van der Waals surface area contributed by atoms with Gasteiger partial charge in [-0.15, -0.1) is 0 Å². The summed E-state index contributed by atoms with van der Waals surface area (Å²) in [5.41, 5.74) is 7.50. The molecule has 6 rings (SSSR count). The third kappa shape index (κ3) is 4.35. The monoisotopic (exact) mass is 501 g/mol. The highest BCUT2D eigenvalue weighted by Crippen LogP contribution is 2.40. The number of aromatic nitrogens is 4. The number of nitrogens with one attached hydrogen (secondary N) is 3. The zero-order chi connectivity index (χ0) is 26.1. The molecule has 0 saturated carbocycles. The van der Waals surface area contributed by atoms with E-state index in [0.717, 1.165) is 50.2 Å². The third-order valence-corrected chi connectivity index (χ3v) is 6.49. The number of anilines is 1. The fourth-order valence-corrected chi connectivity index (χ4v) is 4.62. The summed E-state index contributed by atoms with van der Waals surface area (Å²) in [5.74, 6) is 0.368. The second-order valence-electron chi connectivity index (χ2n) is 8.95. The number of amides is 1. The molecule has 0 saturated heterocycles. The first-order valence-corrected chi connectivity index (χ1v) is 12.4. The van der Waals surface area contributed by atoms with Gasteiger partial charge in [-0.05, 0) is 48.0 Å². The zero-order valence-corrected chi connectivity index (χ0v) is 20.6. The number of carbonyl (C=O) groups excluding carboxylic acids is 1. The number of imidazole rings is 1. The molecular weight excluding hydrogens is 477 g/mol. The summed E-state index contributed by atoms with van der Waals surface area (Å²) in [6, 6.07) is 26.0. The number of rotatable bonds is 6. The van der Waals surface area contributed by atoms with Crippen molar-refractivity contribution in [1.29, 1.82) is 0 Å². The van der Waals surface area contributed by atoms with Gasteiger partial charge in [0.1, 0.15) is 17.3 Å². The van der Waals surface area contributed by atoms with Crippen LogP contribution in [0.25, 0.3) is 56.1 Å². The molecule has 0 radical (unpaired) electrons. The number of aromatic amines is 2. The van der Waals surface area contributed by atoms with E-state index in [0.29, 0.717) is 17.9 Å². The lowest BCUT2D eigenvalue weighted by atomic mass is 9.98. The van der Waals surface area contributed by atoms with Crippen LogP contribution in [0.5, 0.6) is 0 Å². The molecular formula is C31H24FN5O. The van der Waals surface area contributed by atoms with Crippen LogP contribution >= 0.6 is 0 Å². The van der Waals surface area contributed by atoms with Crippen molar-refractivity contribution in [3.05, 3.63) is 103 Å². The van der Waals surface area contributed by atoms with Crippen molar-refractivity contribution in [3.63, 3.8) is 0 Å². The Morgan fingerprint density at radius 3 is 2.47 bits per heavy atom. The molecule has 7 heteroatoms. The largest absolute Gasteiger partial charge is 0.345 e. The average molecular weight is 502 g/mol. The summed E-state index contributed by atoms with van der Waals surface area (Å²) in [6.45, 7) is 1.82. The Labute approximate surface area is 218 Å². The molecule has 0 spiro atoms. The topological polar surface area (TPSA) is 86.5 Å². The maximum atomic E-state index is 13.8. The summed E-state index contributed by atoms with van der Waals surface area (Å²) in [7, 11) is 0. The van der Waals surface area contributed by atoms with Crippen LogP contribution in [0.15, 0.2) is 97.3 Å². The van der Waals surface area contributed by atoms with Crippen molar-refractivity contribution in [2.24, 2.45) is 0 Å². The standard InChI is InChI=1S/C31H24FN5O/c1-2-26(38)35-23-10-6-9-21(17-23)25-18-34-31-27(25)24(15-16-33-31)29-28(19-11-13-22(32)14-12-19)36-30(37-29)20-7-4-3-5-8-20/h3-18H,2H2,1H3,(H,33,34)(H,35,38)(H,36,37). The van der Waals surface area contributed by atoms with Gasteiger partial charge in [0.15, 0.2) is 0 Å². The minimum Gasteiger partial charge on any atom is -0.345 e. The lowest BCUT2D eigenvalue weighted by Crippen LogP contribution is -2.09. The van der Waals surface area contributed by atoms with Crippen molar-refractivity contribution >= 4 is 22.6 Å². The maximum absolute atomic E-state index is 13.8. The van der Waals surface area contributed by atoms with E-state index < -0.39 is 0 Å². The Kier molecular flexibility index (Phi) is 6.01. The molecule has 3 aromatic heterocycles. The van der Waals surface area contributed by atoms with Gasteiger partial charge >= 0.3 is 0 Å².